The molecule has 0 saturated carbocycles. The van der Waals surface area contributed by atoms with Crippen LogP contribution in [0.25, 0.3) is 21.3 Å². The topological polar surface area (TPSA) is 51.8 Å². The first-order chi connectivity index (χ1) is 9.06. The summed E-state index contributed by atoms with van der Waals surface area (Å²) in [5.74, 6) is 0.428. The Kier molecular flexibility index (Phi) is 3.20. The maximum absolute atomic E-state index is 6.00. The molecule has 0 amide bonds. The van der Waals surface area contributed by atoms with Gasteiger partial charge in [0.1, 0.15) is 10.6 Å². The van der Waals surface area contributed by atoms with Gasteiger partial charge in [0.25, 0.3) is 0 Å². The smallest absolute Gasteiger partial charge is 0.225 e. The first kappa shape index (κ1) is 12.8. The van der Waals surface area contributed by atoms with E-state index in [-0.39, 0.29) is 5.28 Å². The van der Waals surface area contributed by atoms with Crippen LogP contribution in [-0.2, 0) is 0 Å². The second-order valence-electron chi connectivity index (χ2n) is 4.10. The van der Waals surface area contributed by atoms with Gasteiger partial charge in [0.05, 0.1) is 5.39 Å². The molecule has 0 spiro atoms. The molecule has 3 rings (SSSR count). The molecule has 2 aromatic heterocycles. The zero-order valence-electron chi connectivity index (χ0n) is 9.95. The van der Waals surface area contributed by atoms with Gasteiger partial charge in [0.2, 0.25) is 5.28 Å². The fourth-order valence-electron chi connectivity index (χ4n) is 2.07. The molecule has 1 aromatic carbocycles. The van der Waals surface area contributed by atoms with Crippen LogP contribution in [0, 0.1) is 6.92 Å². The Hall–Kier alpha value is -1.17. The third-order valence-corrected chi connectivity index (χ3v) is 4.56. The normalized spacial score (nSPS) is 11.1. The summed E-state index contributed by atoms with van der Waals surface area (Å²) in [6.07, 6.45) is 0. The molecule has 2 N–H and O–H groups in total. The minimum absolute atomic E-state index is 0.189. The molecule has 19 heavy (non-hydrogen) atoms. The molecule has 0 aliphatic rings. The molecule has 0 saturated heterocycles. The number of nitrogen functional groups attached to an aromatic ring is 1. The lowest BCUT2D eigenvalue weighted by Crippen LogP contribution is -1.94. The minimum atomic E-state index is 0.189. The Labute approximate surface area is 127 Å². The molecule has 6 heteroatoms. The Morgan fingerprint density at radius 2 is 1.89 bits per heavy atom. The highest BCUT2D eigenvalue weighted by Gasteiger charge is 2.16. The van der Waals surface area contributed by atoms with Gasteiger partial charge in [0.15, 0.2) is 0 Å². The van der Waals surface area contributed by atoms with E-state index < -0.39 is 0 Å². The van der Waals surface area contributed by atoms with Crippen molar-refractivity contribution in [1.82, 2.24) is 9.97 Å². The van der Waals surface area contributed by atoms with E-state index in [1.54, 1.807) is 11.3 Å². The molecule has 96 valence electrons. The van der Waals surface area contributed by atoms with Crippen molar-refractivity contribution in [2.75, 3.05) is 5.73 Å². The first-order valence-electron chi connectivity index (χ1n) is 5.54. The summed E-state index contributed by atoms with van der Waals surface area (Å²) in [7, 11) is 0. The number of anilines is 1. The van der Waals surface area contributed by atoms with E-state index in [9.17, 15) is 0 Å². The Morgan fingerprint density at radius 3 is 2.58 bits per heavy atom. The highest BCUT2D eigenvalue weighted by atomic mass is 79.9. The number of aryl methyl sites for hydroxylation is 1. The molecule has 0 fully saturated rings. The number of nitrogens with zero attached hydrogens (tertiary/aromatic N) is 2. The maximum Gasteiger partial charge on any atom is 0.225 e. The van der Waals surface area contributed by atoms with Gasteiger partial charge in [-0.3, -0.25) is 0 Å². The molecule has 3 nitrogen and oxygen atoms in total. The fourth-order valence-corrected chi connectivity index (χ4v) is 3.62. The van der Waals surface area contributed by atoms with Gasteiger partial charge >= 0.3 is 0 Å². The number of aromatic nitrogens is 2. The van der Waals surface area contributed by atoms with Crippen molar-refractivity contribution in [1.29, 1.82) is 0 Å². The van der Waals surface area contributed by atoms with Crippen LogP contribution in [0.15, 0.2) is 28.7 Å². The lowest BCUT2D eigenvalue weighted by Gasteiger charge is -2.04. The summed E-state index contributed by atoms with van der Waals surface area (Å²) in [6, 6.07) is 8.11. The van der Waals surface area contributed by atoms with Crippen molar-refractivity contribution in [3.63, 3.8) is 0 Å². The van der Waals surface area contributed by atoms with Crippen LogP contribution in [0.4, 0.5) is 5.82 Å². The van der Waals surface area contributed by atoms with E-state index in [0.29, 0.717) is 5.82 Å². The third kappa shape index (κ3) is 2.22. The molecular formula is C13H9BrClN3S. The molecule has 0 aliphatic carbocycles. The van der Waals surface area contributed by atoms with Crippen molar-refractivity contribution in [3.8, 4) is 11.1 Å². The van der Waals surface area contributed by atoms with E-state index in [2.05, 4.69) is 32.8 Å². The predicted molar refractivity (Wildman–Crippen MR) is 84.7 cm³/mol. The SMILES string of the molecule is Cc1sc2nc(Cl)nc(N)c2c1-c1ccc(Br)cc1. The summed E-state index contributed by atoms with van der Waals surface area (Å²) < 4.78 is 1.04. The number of halogens is 2. The van der Waals surface area contributed by atoms with Crippen LogP contribution in [0.5, 0.6) is 0 Å². The largest absolute Gasteiger partial charge is 0.383 e. The standard InChI is InChI=1S/C13H9BrClN3S/c1-6-9(7-2-4-8(14)5-3-7)10-11(16)17-13(15)18-12(10)19-6/h2-5H,1H3,(H2,16,17,18). The van der Waals surface area contributed by atoms with Gasteiger partial charge < -0.3 is 5.73 Å². The van der Waals surface area contributed by atoms with Crippen LogP contribution in [-0.4, -0.2) is 9.97 Å². The molecule has 3 aromatic rings. The second-order valence-corrected chi connectivity index (χ2v) is 6.56. The molecular weight excluding hydrogens is 346 g/mol. The first-order valence-corrected chi connectivity index (χ1v) is 7.53. The summed E-state index contributed by atoms with van der Waals surface area (Å²) in [5.41, 5.74) is 8.19. The Bertz CT molecular complexity index is 768. The van der Waals surface area contributed by atoms with Gasteiger partial charge in [-0.05, 0) is 36.2 Å². The van der Waals surface area contributed by atoms with Crippen LogP contribution < -0.4 is 5.73 Å². The van der Waals surface area contributed by atoms with Crippen LogP contribution in [0.3, 0.4) is 0 Å². The van der Waals surface area contributed by atoms with Crippen LogP contribution >= 0.6 is 38.9 Å². The van der Waals surface area contributed by atoms with Crippen molar-refractivity contribution in [3.05, 3.63) is 38.9 Å². The van der Waals surface area contributed by atoms with Crippen molar-refractivity contribution in [2.45, 2.75) is 6.92 Å². The quantitative estimate of drug-likeness (QED) is 0.646. The second kappa shape index (κ2) is 4.74. The molecule has 2 heterocycles. The van der Waals surface area contributed by atoms with Crippen molar-refractivity contribution in [2.24, 2.45) is 0 Å². The maximum atomic E-state index is 6.00. The summed E-state index contributed by atoms with van der Waals surface area (Å²) >= 11 is 10.9. The summed E-state index contributed by atoms with van der Waals surface area (Å²) in [6.45, 7) is 2.05. The van der Waals surface area contributed by atoms with E-state index in [1.165, 1.54) is 0 Å². The highest BCUT2D eigenvalue weighted by Crippen LogP contribution is 2.40. The zero-order chi connectivity index (χ0) is 13.6. The number of hydrogen-bond donors (Lipinski definition) is 1. The van der Waals surface area contributed by atoms with Gasteiger partial charge in [0, 0.05) is 14.9 Å². The number of thiophene rings is 1. The lowest BCUT2D eigenvalue weighted by atomic mass is 10.0. The molecule has 0 atom stereocenters. The number of hydrogen-bond acceptors (Lipinski definition) is 4. The molecule has 0 radical (unpaired) electrons. The monoisotopic (exact) mass is 353 g/mol. The van der Waals surface area contributed by atoms with E-state index in [0.717, 1.165) is 30.7 Å². The molecule has 0 bridgehead atoms. The number of fused-ring (bicyclic) bond motifs is 1. The van der Waals surface area contributed by atoms with Gasteiger partial charge in [-0.2, -0.15) is 0 Å². The number of benzene rings is 1. The van der Waals surface area contributed by atoms with Gasteiger partial charge in [-0.1, -0.05) is 28.1 Å². The zero-order valence-corrected chi connectivity index (χ0v) is 13.1. The van der Waals surface area contributed by atoms with Gasteiger partial charge in [-0.25, -0.2) is 9.97 Å². The average Bonchev–Trinajstić information content (AvgIpc) is 2.66. The van der Waals surface area contributed by atoms with E-state index in [4.69, 9.17) is 17.3 Å². The van der Waals surface area contributed by atoms with E-state index >= 15 is 0 Å². The Balaban J connectivity index is 2.34. The Morgan fingerprint density at radius 1 is 1.21 bits per heavy atom. The fraction of sp³-hybridized carbons (Fsp3) is 0.0769. The third-order valence-electron chi connectivity index (χ3n) is 2.86. The van der Waals surface area contributed by atoms with Crippen molar-refractivity contribution < 1.29 is 0 Å². The minimum Gasteiger partial charge on any atom is -0.383 e. The molecule has 0 aliphatic heterocycles. The van der Waals surface area contributed by atoms with Crippen LogP contribution in [0.2, 0.25) is 5.28 Å². The van der Waals surface area contributed by atoms with Crippen molar-refractivity contribution >= 4 is 54.9 Å². The highest BCUT2D eigenvalue weighted by molar-refractivity contribution is 9.10. The molecule has 0 unspecified atom stereocenters. The summed E-state index contributed by atoms with van der Waals surface area (Å²) in [4.78, 5) is 10.3. The van der Waals surface area contributed by atoms with Crippen LogP contribution in [0.1, 0.15) is 4.88 Å². The predicted octanol–water partition coefficient (Wildman–Crippen LogP) is 4.66. The number of rotatable bonds is 1. The van der Waals surface area contributed by atoms with E-state index in [1.807, 2.05) is 24.3 Å². The van der Waals surface area contributed by atoms with Gasteiger partial charge in [-0.15, -0.1) is 11.3 Å². The average molecular weight is 355 g/mol. The summed E-state index contributed by atoms with van der Waals surface area (Å²) in [5, 5.41) is 1.07. The number of nitrogens with two attached hydrogens (primary N) is 1. The lowest BCUT2D eigenvalue weighted by molar-refractivity contribution is 1.24.